The Balaban J connectivity index is 1.96. The number of rotatable bonds is 7. The second kappa shape index (κ2) is 9.07. The van der Waals surface area contributed by atoms with E-state index in [9.17, 15) is 12.8 Å². The molecule has 2 rings (SSSR count). The third-order valence-corrected chi connectivity index (χ3v) is 6.05. The van der Waals surface area contributed by atoms with Crippen LogP contribution in [0.1, 0.15) is 19.4 Å². The number of aryl methyl sites for hydroxylation is 1. The maximum Gasteiger partial charge on any atom is 0.244 e. The number of thiocarbonyl (C=S) groups is 1. The number of hydrogen-bond acceptors (Lipinski definition) is 5. The minimum Gasteiger partial charge on any atom is -0.331 e. The largest absolute Gasteiger partial charge is 0.331 e. The van der Waals surface area contributed by atoms with Gasteiger partial charge in [0.2, 0.25) is 10.0 Å². The van der Waals surface area contributed by atoms with E-state index in [-0.39, 0.29) is 15.8 Å². The van der Waals surface area contributed by atoms with Crippen molar-refractivity contribution in [2.45, 2.75) is 25.7 Å². The van der Waals surface area contributed by atoms with Gasteiger partial charge in [0.25, 0.3) is 0 Å². The molecule has 0 atom stereocenters. The van der Waals surface area contributed by atoms with Gasteiger partial charge in [-0.1, -0.05) is 19.9 Å². The molecule has 0 spiro atoms. The van der Waals surface area contributed by atoms with Gasteiger partial charge in [-0.3, -0.25) is 10.9 Å². The van der Waals surface area contributed by atoms with Crippen LogP contribution in [0.4, 0.5) is 15.9 Å². The highest BCUT2D eigenvalue weighted by Gasteiger charge is 2.21. The van der Waals surface area contributed by atoms with E-state index in [1.165, 1.54) is 28.7 Å². The van der Waals surface area contributed by atoms with Gasteiger partial charge in [-0.2, -0.15) is 4.31 Å². The molecule has 1 aromatic heterocycles. The molecule has 0 bridgehead atoms. The van der Waals surface area contributed by atoms with Crippen LogP contribution in [0.5, 0.6) is 0 Å². The van der Waals surface area contributed by atoms with Crippen LogP contribution >= 0.6 is 12.2 Å². The Morgan fingerprint density at radius 1 is 1.22 bits per heavy atom. The van der Waals surface area contributed by atoms with E-state index in [0.29, 0.717) is 30.2 Å². The van der Waals surface area contributed by atoms with Crippen molar-refractivity contribution in [1.29, 1.82) is 0 Å². The molecule has 0 amide bonds. The van der Waals surface area contributed by atoms with Gasteiger partial charge in [0.15, 0.2) is 5.11 Å². The zero-order valence-corrected chi connectivity index (χ0v) is 16.9. The molecule has 0 radical (unpaired) electrons. The summed E-state index contributed by atoms with van der Waals surface area (Å²) >= 11 is 5.12. The molecule has 1 heterocycles. The Kier molecular flexibility index (Phi) is 7.05. The van der Waals surface area contributed by atoms with Crippen molar-refractivity contribution < 1.29 is 12.8 Å². The number of aromatic nitrogens is 1. The number of nitrogens with zero attached hydrogens (tertiary/aromatic N) is 2. The minimum absolute atomic E-state index is 0.118. The first-order valence-corrected chi connectivity index (χ1v) is 10.2. The zero-order chi connectivity index (χ0) is 20.0. The summed E-state index contributed by atoms with van der Waals surface area (Å²) in [4.78, 5) is 4.19. The Bertz CT molecular complexity index is 900. The van der Waals surface area contributed by atoms with Crippen molar-refractivity contribution in [2.75, 3.05) is 23.8 Å². The van der Waals surface area contributed by atoms with Crippen molar-refractivity contribution in [2.24, 2.45) is 0 Å². The smallest absolute Gasteiger partial charge is 0.244 e. The summed E-state index contributed by atoms with van der Waals surface area (Å²) in [5, 5.41) is 3.04. The fraction of sp³-hybridized carbons (Fsp3) is 0.294. The molecule has 0 fully saturated rings. The maximum atomic E-state index is 13.5. The average Bonchev–Trinajstić information content (AvgIpc) is 2.64. The molecule has 3 N–H and O–H groups in total. The van der Waals surface area contributed by atoms with Gasteiger partial charge in [0, 0.05) is 25.0 Å². The lowest BCUT2D eigenvalue weighted by molar-refractivity contribution is 0.445. The number of hydrazine groups is 1. The van der Waals surface area contributed by atoms with Gasteiger partial charge in [-0.05, 0) is 49.0 Å². The Labute approximate surface area is 164 Å². The molecule has 0 saturated heterocycles. The second-order valence-electron chi connectivity index (χ2n) is 5.64. The summed E-state index contributed by atoms with van der Waals surface area (Å²) < 4.78 is 39.7. The third kappa shape index (κ3) is 5.34. The summed E-state index contributed by atoms with van der Waals surface area (Å²) in [6.07, 6.45) is 1.28. The SMILES string of the molecule is CCN(CC)S(=O)(=O)c1ccc(NNC(=S)Nc2ccc(C)c(F)c2)nc1. The molecule has 1 aromatic carbocycles. The highest BCUT2D eigenvalue weighted by molar-refractivity contribution is 7.89. The van der Waals surface area contributed by atoms with E-state index < -0.39 is 10.0 Å². The topological polar surface area (TPSA) is 86.4 Å². The number of anilines is 2. The fourth-order valence-corrected chi connectivity index (χ4v) is 3.85. The molecule has 7 nitrogen and oxygen atoms in total. The molecule has 0 unspecified atom stereocenters. The maximum absolute atomic E-state index is 13.5. The molecule has 2 aromatic rings. The van der Waals surface area contributed by atoms with Crippen LogP contribution in [0.2, 0.25) is 0 Å². The van der Waals surface area contributed by atoms with Crippen LogP contribution in [-0.2, 0) is 10.0 Å². The average molecular weight is 412 g/mol. The summed E-state index contributed by atoms with van der Waals surface area (Å²) in [5.41, 5.74) is 6.52. The van der Waals surface area contributed by atoms with Crippen LogP contribution in [0.25, 0.3) is 0 Å². The van der Waals surface area contributed by atoms with Crippen LogP contribution in [0.3, 0.4) is 0 Å². The summed E-state index contributed by atoms with van der Waals surface area (Å²) in [7, 11) is -3.55. The summed E-state index contributed by atoms with van der Waals surface area (Å²) in [5.74, 6) is 0.0511. The van der Waals surface area contributed by atoms with Crippen LogP contribution < -0.4 is 16.2 Å². The van der Waals surface area contributed by atoms with Crippen LogP contribution in [-0.4, -0.2) is 35.9 Å². The van der Waals surface area contributed by atoms with E-state index in [2.05, 4.69) is 21.2 Å². The number of benzene rings is 1. The van der Waals surface area contributed by atoms with Crippen molar-refractivity contribution in [3.63, 3.8) is 0 Å². The van der Waals surface area contributed by atoms with Gasteiger partial charge in [0.1, 0.15) is 16.5 Å². The first-order valence-electron chi connectivity index (χ1n) is 8.33. The van der Waals surface area contributed by atoms with Crippen molar-refractivity contribution >= 4 is 38.9 Å². The monoisotopic (exact) mass is 411 g/mol. The second-order valence-corrected chi connectivity index (χ2v) is 7.98. The summed E-state index contributed by atoms with van der Waals surface area (Å²) in [6.45, 7) is 6.01. The Morgan fingerprint density at radius 3 is 2.48 bits per heavy atom. The number of pyridine rings is 1. The first kappa shape index (κ1) is 21.0. The highest BCUT2D eigenvalue weighted by atomic mass is 32.2. The van der Waals surface area contributed by atoms with Crippen molar-refractivity contribution in [3.05, 3.63) is 47.9 Å². The van der Waals surface area contributed by atoms with Gasteiger partial charge in [-0.15, -0.1) is 0 Å². The molecule has 0 aliphatic rings. The van der Waals surface area contributed by atoms with Crippen molar-refractivity contribution in [1.82, 2.24) is 14.7 Å². The normalized spacial score (nSPS) is 11.3. The fourth-order valence-electron chi connectivity index (χ4n) is 2.27. The van der Waals surface area contributed by atoms with E-state index >= 15 is 0 Å². The molecular formula is C17H22FN5O2S2. The van der Waals surface area contributed by atoms with E-state index in [1.54, 1.807) is 32.9 Å². The zero-order valence-electron chi connectivity index (χ0n) is 15.3. The predicted octanol–water partition coefficient (Wildman–Crippen LogP) is 2.87. The third-order valence-electron chi connectivity index (χ3n) is 3.81. The predicted molar refractivity (Wildman–Crippen MR) is 108 cm³/mol. The van der Waals surface area contributed by atoms with E-state index in [4.69, 9.17) is 12.2 Å². The van der Waals surface area contributed by atoms with Gasteiger partial charge in [0.05, 0.1) is 0 Å². The highest BCUT2D eigenvalue weighted by Crippen LogP contribution is 2.16. The molecular weight excluding hydrogens is 389 g/mol. The van der Waals surface area contributed by atoms with Crippen LogP contribution in [0.15, 0.2) is 41.4 Å². The number of nitrogens with one attached hydrogen (secondary N) is 3. The first-order chi connectivity index (χ1) is 12.8. The van der Waals surface area contributed by atoms with Crippen LogP contribution in [0, 0.1) is 12.7 Å². The standard InChI is InChI=1S/C17H22FN5O2S2/c1-4-23(5-2)27(24,25)14-8-9-16(19-11-14)21-22-17(26)20-13-7-6-12(3)15(18)10-13/h6-11H,4-5H2,1-3H3,(H,19,21)(H2,20,22,26). The molecule has 146 valence electrons. The molecule has 0 aliphatic heterocycles. The Hall–Kier alpha value is -2.30. The molecule has 10 heteroatoms. The van der Waals surface area contributed by atoms with Gasteiger partial charge < -0.3 is 5.32 Å². The number of hydrogen-bond donors (Lipinski definition) is 3. The van der Waals surface area contributed by atoms with Gasteiger partial charge >= 0.3 is 0 Å². The summed E-state index contributed by atoms with van der Waals surface area (Å²) in [6, 6.07) is 7.68. The van der Waals surface area contributed by atoms with Gasteiger partial charge in [-0.25, -0.2) is 17.8 Å². The lowest BCUT2D eigenvalue weighted by atomic mass is 10.2. The Morgan fingerprint density at radius 2 is 1.93 bits per heavy atom. The molecule has 0 saturated carbocycles. The lowest BCUT2D eigenvalue weighted by Gasteiger charge is -2.18. The van der Waals surface area contributed by atoms with E-state index in [1.807, 2.05) is 0 Å². The lowest BCUT2D eigenvalue weighted by Crippen LogP contribution is -2.34. The van der Waals surface area contributed by atoms with Crippen molar-refractivity contribution in [3.8, 4) is 0 Å². The number of halogens is 1. The van der Waals surface area contributed by atoms with E-state index in [0.717, 1.165) is 0 Å². The molecule has 0 aliphatic carbocycles. The quantitative estimate of drug-likeness (QED) is 0.477. The number of sulfonamides is 1. The molecule has 27 heavy (non-hydrogen) atoms. The minimum atomic E-state index is -3.55.